The highest BCUT2D eigenvalue weighted by molar-refractivity contribution is 5.88. The van der Waals surface area contributed by atoms with Gasteiger partial charge in [0.25, 0.3) is 0 Å². The Hall–Kier alpha value is -6.44. The minimum atomic E-state index is -0.143. The van der Waals surface area contributed by atoms with Crippen LogP contribution in [-0.4, -0.2) is 0 Å². The van der Waals surface area contributed by atoms with E-state index in [4.69, 9.17) is 0 Å². The standard InChI is InChI=1S/C71H79N/c1-66(2,3)54-34-48(32-50(36-54)52-38-56(68(7,8)9)43-57(39-52)69(10,11)12)49-33-51(37-55(35-49)67(4,5)6)53-40-58(70(13,14)15)44-61(42-53)72(59-27-23-26-47(41-59)46-24-19-18-20-25-46)60-30-31-63-62-28-21-22-29-64(62)71(16,17)65(63)45-60/h18-45H,1-17H3. The molecule has 0 aromatic heterocycles. The van der Waals surface area contributed by atoms with Crippen molar-refractivity contribution in [1.82, 2.24) is 0 Å². The van der Waals surface area contributed by atoms with Crippen LogP contribution in [0.25, 0.3) is 55.6 Å². The molecule has 0 aliphatic heterocycles. The lowest BCUT2D eigenvalue weighted by atomic mass is 9.77. The lowest BCUT2D eigenvalue weighted by Crippen LogP contribution is -2.17. The maximum Gasteiger partial charge on any atom is 0.0470 e. The molecule has 8 aromatic carbocycles. The first-order valence-electron chi connectivity index (χ1n) is 26.4. The summed E-state index contributed by atoms with van der Waals surface area (Å²) in [6, 6.07) is 65.4. The Labute approximate surface area is 434 Å². The largest absolute Gasteiger partial charge is 0.310 e. The van der Waals surface area contributed by atoms with Gasteiger partial charge >= 0.3 is 0 Å². The van der Waals surface area contributed by atoms with Crippen LogP contribution >= 0.6 is 0 Å². The molecule has 0 fully saturated rings. The van der Waals surface area contributed by atoms with E-state index in [0.717, 1.165) is 17.1 Å². The zero-order valence-corrected chi connectivity index (χ0v) is 46.6. The second kappa shape index (κ2) is 17.9. The van der Waals surface area contributed by atoms with Crippen molar-refractivity contribution >= 4 is 17.1 Å². The van der Waals surface area contributed by atoms with Crippen LogP contribution in [-0.2, 0) is 32.5 Å². The fourth-order valence-corrected chi connectivity index (χ4v) is 10.5. The van der Waals surface area contributed by atoms with Gasteiger partial charge in [-0.2, -0.15) is 0 Å². The summed E-state index contributed by atoms with van der Waals surface area (Å²) in [6.45, 7) is 39.9. The number of anilines is 3. The Morgan fingerprint density at radius 2 is 0.639 bits per heavy atom. The van der Waals surface area contributed by atoms with Crippen LogP contribution in [0.15, 0.2) is 170 Å². The summed E-state index contributed by atoms with van der Waals surface area (Å²) < 4.78 is 0. The van der Waals surface area contributed by atoms with Crippen molar-refractivity contribution in [2.24, 2.45) is 0 Å². The molecule has 1 aliphatic rings. The van der Waals surface area contributed by atoms with E-state index in [1.807, 2.05) is 0 Å². The van der Waals surface area contributed by atoms with Gasteiger partial charge in [0.1, 0.15) is 0 Å². The minimum absolute atomic E-state index is 0.0140. The molecule has 0 spiro atoms. The molecule has 72 heavy (non-hydrogen) atoms. The third-order valence-electron chi connectivity index (χ3n) is 15.3. The van der Waals surface area contributed by atoms with Crippen molar-refractivity contribution in [2.75, 3.05) is 4.90 Å². The van der Waals surface area contributed by atoms with Gasteiger partial charge in [-0.25, -0.2) is 0 Å². The first kappa shape index (κ1) is 50.5. The van der Waals surface area contributed by atoms with Gasteiger partial charge in [-0.3, -0.25) is 0 Å². The van der Waals surface area contributed by atoms with Crippen molar-refractivity contribution in [3.05, 3.63) is 209 Å². The Morgan fingerprint density at radius 1 is 0.264 bits per heavy atom. The number of nitrogens with zero attached hydrogens (tertiary/aromatic N) is 1. The van der Waals surface area contributed by atoms with Gasteiger partial charge in [0, 0.05) is 22.5 Å². The highest BCUT2D eigenvalue weighted by Gasteiger charge is 2.36. The van der Waals surface area contributed by atoms with E-state index in [2.05, 4.69) is 292 Å². The van der Waals surface area contributed by atoms with Crippen LogP contribution in [0.3, 0.4) is 0 Å². The molecular weight excluding hydrogens is 867 g/mol. The average Bonchev–Trinajstić information content (AvgIpc) is 3.55. The molecule has 0 N–H and O–H groups in total. The van der Waals surface area contributed by atoms with Crippen LogP contribution in [0.4, 0.5) is 17.1 Å². The van der Waals surface area contributed by atoms with Crippen LogP contribution < -0.4 is 4.90 Å². The topological polar surface area (TPSA) is 3.24 Å². The molecule has 0 unspecified atom stereocenters. The highest BCUT2D eigenvalue weighted by Crippen LogP contribution is 2.51. The summed E-state index contributed by atoms with van der Waals surface area (Å²) in [7, 11) is 0. The summed E-state index contributed by atoms with van der Waals surface area (Å²) in [6.07, 6.45) is 0. The Kier molecular flexibility index (Phi) is 12.6. The van der Waals surface area contributed by atoms with Crippen LogP contribution in [0.5, 0.6) is 0 Å². The maximum absolute atomic E-state index is 2.51. The predicted octanol–water partition coefficient (Wildman–Crippen LogP) is 20.6. The molecule has 1 heteroatoms. The maximum atomic E-state index is 2.51. The van der Waals surface area contributed by atoms with E-state index in [1.54, 1.807) is 0 Å². The molecule has 0 heterocycles. The molecule has 0 atom stereocenters. The van der Waals surface area contributed by atoms with Gasteiger partial charge in [0.15, 0.2) is 0 Å². The summed E-state index contributed by atoms with van der Waals surface area (Å²) in [5.74, 6) is 0. The zero-order chi connectivity index (χ0) is 51.9. The normalized spacial score (nSPS) is 13.7. The molecule has 0 bridgehead atoms. The van der Waals surface area contributed by atoms with Crippen molar-refractivity contribution < 1.29 is 0 Å². The SMILES string of the molecule is CC(C)(C)c1cc(-c2cc(-c3cc(C(C)(C)C)cc(C(C)(C)C)c3)cc(C(C)(C)C)c2)cc(-c2cc(N(c3cccc(-c4ccccc4)c3)c3ccc4c(c3)C(C)(C)c3ccccc3-4)cc(C(C)(C)C)c2)c1. The summed E-state index contributed by atoms with van der Waals surface area (Å²) in [5.41, 5.74) is 25.0. The molecule has 8 aromatic rings. The number of hydrogen-bond acceptors (Lipinski definition) is 1. The third-order valence-corrected chi connectivity index (χ3v) is 15.3. The van der Waals surface area contributed by atoms with Crippen LogP contribution in [0.1, 0.15) is 157 Å². The van der Waals surface area contributed by atoms with E-state index in [9.17, 15) is 0 Å². The van der Waals surface area contributed by atoms with Crippen LogP contribution in [0, 0.1) is 0 Å². The lowest BCUT2D eigenvalue weighted by Gasteiger charge is -2.31. The zero-order valence-electron chi connectivity index (χ0n) is 46.6. The molecule has 9 rings (SSSR count). The van der Waals surface area contributed by atoms with E-state index >= 15 is 0 Å². The number of fused-ring (bicyclic) bond motifs is 3. The van der Waals surface area contributed by atoms with E-state index < -0.39 is 0 Å². The van der Waals surface area contributed by atoms with E-state index in [1.165, 1.54) is 94.6 Å². The third kappa shape index (κ3) is 10.0. The van der Waals surface area contributed by atoms with Gasteiger partial charge in [0.2, 0.25) is 0 Å². The minimum Gasteiger partial charge on any atom is -0.310 e. The fraction of sp³-hybridized carbons (Fsp3) is 0.324. The second-order valence-electron chi connectivity index (χ2n) is 26.6. The first-order valence-corrected chi connectivity index (χ1v) is 26.4. The quantitative estimate of drug-likeness (QED) is 0.154. The van der Waals surface area contributed by atoms with Crippen molar-refractivity contribution in [2.45, 2.75) is 150 Å². The monoisotopic (exact) mass is 946 g/mol. The Balaban J connectivity index is 1.28. The Morgan fingerprint density at radius 3 is 1.14 bits per heavy atom. The molecule has 0 saturated heterocycles. The highest BCUT2D eigenvalue weighted by atomic mass is 15.1. The Bertz CT molecular complexity index is 3290. The van der Waals surface area contributed by atoms with Gasteiger partial charge in [-0.15, -0.1) is 0 Å². The lowest BCUT2D eigenvalue weighted by molar-refractivity contribution is 0.569. The predicted molar refractivity (Wildman–Crippen MR) is 314 cm³/mol. The van der Waals surface area contributed by atoms with E-state index in [0.29, 0.717) is 0 Å². The van der Waals surface area contributed by atoms with Gasteiger partial charge < -0.3 is 4.90 Å². The molecular formula is C71H79N. The first-order chi connectivity index (χ1) is 33.6. The smallest absolute Gasteiger partial charge is 0.0470 e. The van der Waals surface area contributed by atoms with Gasteiger partial charge in [-0.1, -0.05) is 239 Å². The molecule has 0 amide bonds. The molecule has 0 radical (unpaired) electrons. The average molecular weight is 946 g/mol. The van der Waals surface area contributed by atoms with Crippen molar-refractivity contribution in [3.63, 3.8) is 0 Å². The second-order valence-corrected chi connectivity index (χ2v) is 26.6. The summed E-state index contributed by atoms with van der Waals surface area (Å²) >= 11 is 0. The van der Waals surface area contributed by atoms with Gasteiger partial charge in [0.05, 0.1) is 0 Å². The van der Waals surface area contributed by atoms with E-state index in [-0.39, 0.29) is 32.5 Å². The molecule has 0 saturated carbocycles. The molecule has 368 valence electrons. The van der Waals surface area contributed by atoms with Crippen LogP contribution in [0.2, 0.25) is 0 Å². The van der Waals surface area contributed by atoms with Crippen molar-refractivity contribution in [3.8, 4) is 55.6 Å². The summed E-state index contributed by atoms with van der Waals surface area (Å²) in [4.78, 5) is 2.51. The molecule has 1 nitrogen and oxygen atoms in total. The number of rotatable bonds is 7. The molecule has 1 aliphatic carbocycles. The summed E-state index contributed by atoms with van der Waals surface area (Å²) in [5, 5.41) is 0. The van der Waals surface area contributed by atoms with Gasteiger partial charge in [-0.05, 0) is 170 Å². The van der Waals surface area contributed by atoms with Crippen molar-refractivity contribution in [1.29, 1.82) is 0 Å². The number of hydrogen-bond donors (Lipinski definition) is 0. The number of benzene rings is 8. The fourth-order valence-electron chi connectivity index (χ4n) is 10.5.